The molecule has 0 radical (unpaired) electrons. The monoisotopic (exact) mass is 469 g/mol. The van der Waals surface area contributed by atoms with Gasteiger partial charge in [-0.15, -0.1) is 0 Å². The molecule has 8 nitrogen and oxygen atoms in total. The van der Waals surface area contributed by atoms with E-state index in [0.29, 0.717) is 30.8 Å². The number of morpholine rings is 1. The topological polar surface area (TPSA) is 96.0 Å². The van der Waals surface area contributed by atoms with Crippen LogP contribution in [0.1, 0.15) is 33.6 Å². The van der Waals surface area contributed by atoms with Gasteiger partial charge in [-0.3, -0.25) is 29.4 Å². The fourth-order valence-corrected chi connectivity index (χ4v) is 4.23. The zero-order chi connectivity index (χ0) is 18.4. The quantitative estimate of drug-likeness (QED) is 0.389. The van der Waals surface area contributed by atoms with Crippen LogP contribution in [0.3, 0.4) is 0 Å². The SMILES string of the molecule is O=C1CCC(N2C(=O)c3ccc(N4CCOC(I)C4)cc3C2=O)C(=O)N1. The van der Waals surface area contributed by atoms with Gasteiger partial charge < -0.3 is 9.64 Å². The Bertz CT molecular complexity index is 827. The summed E-state index contributed by atoms with van der Waals surface area (Å²) in [7, 11) is 0. The van der Waals surface area contributed by atoms with Crippen molar-refractivity contribution in [1.29, 1.82) is 0 Å². The van der Waals surface area contributed by atoms with E-state index in [9.17, 15) is 19.2 Å². The number of fused-ring (bicyclic) bond motifs is 1. The first-order chi connectivity index (χ1) is 12.5. The minimum absolute atomic E-state index is 0.0620. The van der Waals surface area contributed by atoms with Gasteiger partial charge >= 0.3 is 0 Å². The summed E-state index contributed by atoms with van der Waals surface area (Å²) in [6.07, 6.45) is 0.267. The lowest BCUT2D eigenvalue weighted by atomic mass is 10.0. The van der Waals surface area contributed by atoms with E-state index in [1.807, 2.05) is 6.07 Å². The fourth-order valence-electron chi connectivity index (χ4n) is 3.50. The molecule has 1 aromatic rings. The van der Waals surface area contributed by atoms with Gasteiger partial charge in [0.15, 0.2) is 0 Å². The largest absolute Gasteiger partial charge is 0.366 e. The first-order valence-corrected chi connectivity index (χ1v) is 9.56. The van der Waals surface area contributed by atoms with Crippen LogP contribution in [0.15, 0.2) is 18.2 Å². The Balaban J connectivity index is 1.62. The standard InChI is InChI=1S/C17H16IN3O5/c18-13-8-20(5-6-26-13)9-1-2-10-11(7-9)17(25)21(16(10)24)12-3-4-14(22)19-15(12)23/h1-2,7,12-13H,3-6,8H2,(H,19,22,23). The van der Waals surface area contributed by atoms with Gasteiger partial charge in [-0.2, -0.15) is 0 Å². The molecule has 2 atom stereocenters. The maximum Gasteiger partial charge on any atom is 0.262 e. The third kappa shape index (κ3) is 2.88. The Morgan fingerprint density at radius 1 is 1.12 bits per heavy atom. The zero-order valence-electron chi connectivity index (χ0n) is 13.7. The first-order valence-electron chi connectivity index (χ1n) is 8.32. The summed E-state index contributed by atoms with van der Waals surface area (Å²) < 4.78 is 5.58. The van der Waals surface area contributed by atoms with Gasteiger partial charge in [-0.1, -0.05) is 0 Å². The smallest absolute Gasteiger partial charge is 0.262 e. The Hall–Kier alpha value is -2.01. The van der Waals surface area contributed by atoms with Crippen molar-refractivity contribution >= 4 is 51.9 Å². The van der Waals surface area contributed by atoms with E-state index in [1.54, 1.807) is 12.1 Å². The average Bonchev–Trinajstić information content (AvgIpc) is 2.86. The number of hydrogen-bond donors (Lipinski definition) is 1. The number of ether oxygens (including phenoxy) is 1. The molecule has 4 amide bonds. The number of carbonyl (C=O) groups excluding carboxylic acids is 4. The van der Waals surface area contributed by atoms with Crippen molar-refractivity contribution in [2.24, 2.45) is 0 Å². The molecule has 9 heteroatoms. The van der Waals surface area contributed by atoms with E-state index in [4.69, 9.17) is 4.74 Å². The lowest BCUT2D eigenvalue weighted by molar-refractivity contribution is -0.136. The molecule has 0 saturated carbocycles. The Labute approximate surface area is 163 Å². The highest BCUT2D eigenvalue weighted by Gasteiger charge is 2.44. The van der Waals surface area contributed by atoms with Crippen LogP contribution in [0.25, 0.3) is 0 Å². The number of alkyl halides is 1. The molecule has 136 valence electrons. The van der Waals surface area contributed by atoms with Crippen LogP contribution >= 0.6 is 22.6 Å². The third-order valence-electron chi connectivity index (χ3n) is 4.81. The highest BCUT2D eigenvalue weighted by Crippen LogP contribution is 2.31. The van der Waals surface area contributed by atoms with Crippen molar-refractivity contribution in [2.75, 3.05) is 24.6 Å². The van der Waals surface area contributed by atoms with Crippen LogP contribution in [-0.4, -0.2) is 58.4 Å². The van der Waals surface area contributed by atoms with Crippen molar-refractivity contribution in [3.8, 4) is 0 Å². The van der Waals surface area contributed by atoms with Crippen molar-refractivity contribution in [3.05, 3.63) is 29.3 Å². The molecule has 0 aliphatic carbocycles. The van der Waals surface area contributed by atoms with Gasteiger partial charge in [0.2, 0.25) is 11.8 Å². The van der Waals surface area contributed by atoms with Crippen molar-refractivity contribution in [2.45, 2.75) is 23.0 Å². The van der Waals surface area contributed by atoms with Crippen molar-refractivity contribution < 1.29 is 23.9 Å². The number of rotatable bonds is 2. The molecule has 3 aliphatic rings. The summed E-state index contributed by atoms with van der Waals surface area (Å²) in [5.41, 5.74) is 1.44. The molecule has 1 N–H and O–H groups in total. The van der Waals surface area contributed by atoms with E-state index in [2.05, 4.69) is 32.8 Å². The van der Waals surface area contributed by atoms with Crippen LogP contribution in [0.4, 0.5) is 5.69 Å². The summed E-state index contributed by atoms with van der Waals surface area (Å²) in [5, 5.41) is 2.20. The van der Waals surface area contributed by atoms with E-state index < -0.39 is 23.8 Å². The number of anilines is 1. The third-order valence-corrected chi connectivity index (χ3v) is 5.57. The number of nitrogens with one attached hydrogen (secondary N) is 1. The molecule has 0 spiro atoms. The number of halogens is 1. The minimum atomic E-state index is -0.939. The lowest BCUT2D eigenvalue weighted by Gasteiger charge is -2.32. The highest BCUT2D eigenvalue weighted by atomic mass is 127. The molecular weight excluding hydrogens is 453 g/mol. The molecule has 3 heterocycles. The van der Waals surface area contributed by atoms with Crippen LogP contribution in [0, 0.1) is 0 Å². The molecule has 1 aromatic carbocycles. The minimum Gasteiger partial charge on any atom is -0.366 e. The summed E-state index contributed by atoms with van der Waals surface area (Å²) in [4.78, 5) is 52.0. The first kappa shape index (κ1) is 17.4. The van der Waals surface area contributed by atoms with Crippen LogP contribution in [-0.2, 0) is 14.3 Å². The van der Waals surface area contributed by atoms with E-state index in [-0.39, 0.29) is 22.9 Å². The molecule has 26 heavy (non-hydrogen) atoms. The summed E-state index contributed by atoms with van der Waals surface area (Å²) in [6, 6.07) is 4.21. The van der Waals surface area contributed by atoms with Crippen LogP contribution in [0.2, 0.25) is 0 Å². The number of amides is 4. The maximum atomic E-state index is 12.8. The van der Waals surface area contributed by atoms with E-state index >= 15 is 0 Å². The van der Waals surface area contributed by atoms with Gasteiger partial charge in [-0.25, -0.2) is 0 Å². The predicted octanol–water partition coefficient (Wildman–Crippen LogP) is 0.685. The van der Waals surface area contributed by atoms with Crippen LogP contribution < -0.4 is 10.2 Å². The number of imide groups is 2. The van der Waals surface area contributed by atoms with Crippen molar-refractivity contribution in [3.63, 3.8) is 0 Å². The van der Waals surface area contributed by atoms with Gasteiger partial charge in [0.05, 0.1) is 24.3 Å². The molecule has 0 aromatic heterocycles. The Morgan fingerprint density at radius 3 is 2.62 bits per heavy atom. The van der Waals surface area contributed by atoms with E-state index in [1.165, 1.54) is 0 Å². The lowest BCUT2D eigenvalue weighted by Crippen LogP contribution is -2.54. The molecule has 2 saturated heterocycles. The molecular formula is C17H16IN3O5. The second-order valence-corrected chi connectivity index (χ2v) is 7.79. The normalized spacial score (nSPS) is 26.2. The van der Waals surface area contributed by atoms with Gasteiger partial charge in [0.1, 0.15) is 10.2 Å². The van der Waals surface area contributed by atoms with Crippen LogP contribution in [0.5, 0.6) is 0 Å². The maximum absolute atomic E-state index is 12.8. The number of nitrogens with zero attached hydrogens (tertiary/aromatic N) is 2. The van der Waals surface area contributed by atoms with Gasteiger partial charge in [-0.05, 0) is 47.2 Å². The molecule has 3 aliphatic heterocycles. The Kier molecular flexibility index (Phi) is 4.43. The Morgan fingerprint density at radius 2 is 1.88 bits per heavy atom. The average molecular weight is 469 g/mol. The molecule has 0 bridgehead atoms. The highest BCUT2D eigenvalue weighted by molar-refractivity contribution is 14.1. The number of piperidine rings is 1. The predicted molar refractivity (Wildman–Crippen MR) is 99.1 cm³/mol. The number of carbonyl (C=O) groups is 4. The zero-order valence-corrected chi connectivity index (χ0v) is 15.9. The van der Waals surface area contributed by atoms with E-state index in [0.717, 1.165) is 10.6 Å². The molecule has 4 rings (SSSR count). The summed E-state index contributed by atoms with van der Waals surface area (Å²) in [6.45, 7) is 2.00. The number of benzene rings is 1. The number of hydrogen-bond acceptors (Lipinski definition) is 6. The summed E-state index contributed by atoms with van der Waals surface area (Å²) >= 11 is 2.21. The fraction of sp³-hybridized carbons (Fsp3) is 0.412. The van der Waals surface area contributed by atoms with Gasteiger partial charge in [0, 0.05) is 18.7 Å². The second kappa shape index (κ2) is 6.62. The summed E-state index contributed by atoms with van der Waals surface area (Å²) in [5.74, 6) is -1.96. The molecule has 2 fully saturated rings. The molecule has 2 unspecified atom stereocenters. The van der Waals surface area contributed by atoms with Gasteiger partial charge in [0.25, 0.3) is 11.8 Å². The van der Waals surface area contributed by atoms with Crippen molar-refractivity contribution in [1.82, 2.24) is 10.2 Å². The second-order valence-electron chi connectivity index (χ2n) is 6.40.